The van der Waals surface area contributed by atoms with Gasteiger partial charge in [-0.05, 0) is 72.1 Å². The molecule has 5 rings (SSSR count). The number of rotatable bonds is 14. The molecule has 4 aromatic rings. The van der Waals surface area contributed by atoms with Crippen molar-refractivity contribution in [3.8, 4) is 28.7 Å². The Bertz CT molecular complexity index is 2180. The van der Waals surface area contributed by atoms with Crippen LogP contribution in [0.4, 0.5) is 0 Å². The summed E-state index contributed by atoms with van der Waals surface area (Å²) in [5.74, 6) is -2.36. The van der Waals surface area contributed by atoms with E-state index in [0.717, 1.165) is 5.39 Å². The van der Waals surface area contributed by atoms with E-state index in [1.807, 2.05) is 36.4 Å². The molecule has 1 aliphatic heterocycles. The monoisotopic (exact) mass is 791 g/mol. The van der Waals surface area contributed by atoms with Crippen molar-refractivity contribution in [3.63, 3.8) is 0 Å². The first-order chi connectivity index (χ1) is 28.0. The van der Waals surface area contributed by atoms with E-state index in [1.165, 1.54) is 18.9 Å². The van der Waals surface area contributed by atoms with Gasteiger partial charge < -0.3 is 52.8 Å². The van der Waals surface area contributed by atoms with Crippen LogP contribution in [0.3, 0.4) is 0 Å². The fourth-order valence-corrected chi connectivity index (χ4v) is 6.79. The Kier molecular flexibility index (Phi) is 14.7. The van der Waals surface area contributed by atoms with E-state index >= 15 is 0 Å². The molecule has 0 saturated carbocycles. The predicted molar refractivity (Wildman–Crippen MR) is 217 cm³/mol. The van der Waals surface area contributed by atoms with Gasteiger partial charge in [-0.1, -0.05) is 48.5 Å². The van der Waals surface area contributed by atoms with Crippen molar-refractivity contribution >= 4 is 40.3 Å². The second-order valence-corrected chi connectivity index (χ2v) is 13.7. The third-order valence-corrected chi connectivity index (χ3v) is 9.65. The zero-order valence-corrected chi connectivity index (χ0v) is 32.5. The molecule has 4 atom stereocenters. The third-order valence-electron chi connectivity index (χ3n) is 9.65. The Morgan fingerprint density at radius 3 is 2.24 bits per heavy atom. The summed E-state index contributed by atoms with van der Waals surface area (Å²) in [4.78, 5) is 70.8. The SMILES string of the molecule is C[C@@H]1NC(=O)[C@@H](N(C)C(=O)[C@H](CCN)NC(=O)c2cccc3ccccc23)c2ccc(OCCN)c(c2)-c2cc(ccc2OCCN)C[C@@H](C(=O)NCC#N)NC1=O. The minimum Gasteiger partial charge on any atom is -0.492 e. The van der Waals surface area contributed by atoms with Crippen LogP contribution in [-0.4, -0.2) is 99.0 Å². The van der Waals surface area contributed by atoms with Crippen LogP contribution < -0.4 is 47.9 Å². The molecule has 0 aliphatic carbocycles. The van der Waals surface area contributed by atoms with Crippen LogP contribution in [0.15, 0.2) is 78.9 Å². The van der Waals surface area contributed by atoms with Crippen LogP contribution >= 0.6 is 0 Å². The summed E-state index contributed by atoms with van der Waals surface area (Å²) in [5, 5.41) is 21.4. The van der Waals surface area contributed by atoms with Gasteiger partial charge in [0.15, 0.2) is 0 Å². The molecule has 0 unspecified atom stereocenters. The van der Waals surface area contributed by atoms with E-state index in [1.54, 1.807) is 48.5 Å². The van der Waals surface area contributed by atoms with Gasteiger partial charge >= 0.3 is 0 Å². The number of hydrogen-bond acceptors (Lipinski definition) is 11. The third kappa shape index (κ3) is 10.1. The average molecular weight is 792 g/mol. The van der Waals surface area contributed by atoms with Gasteiger partial charge in [-0.2, -0.15) is 5.26 Å². The number of nitrogens with one attached hydrogen (secondary N) is 4. The number of carbonyl (C=O) groups excluding carboxylic acids is 5. The predicted octanol–water partition coefficient (Wildman–Crippen LogP) is 1.01. The van der Waals surface area contributed by atoms with E-state index in [2.05, 4.69) is 21.3 Å². The molecule has 0 radical (unpaired) electrons. The average Bonchev–Trinajstić information content (AvgIpc) is 3.23. The first-order valence-electron chi connectivity index (χ1n) is 18.9. The number of fused-ring (bicyclic) bond motifs is 6. The molecule has 1 aliphatic rings. The van der Waals surface area contributed by atoms with Gasteiger partial charge in [-0.25, -0.2) is 0 Å². The van der Waals surface area contributed by atoms with Crippen LogP contribution in [0.2, 0.25) is 0 Å². The molecule has 16 nitrogen and oxygen atoms in total. The van der Waals surface area contributed by atoms with Gasteiger partial charge in [0, 0.05) is 43.2 Å². The van der Waals surface area contributed by atoms with Crippen molar-refractivity contribution in [2.75, 3.05) is 46.4 Å². The van der Waals surface area contributed by atoms with E-state index in [9.17, 15) is 24.0 Å². The largest absolute Gasteiger partial charge is 0.492 e. The second-order valence-electron chi connectivity index (χ2n) is 13.7. The lowest BCUT2D eigenvalue weighted by molar-refractivity contribution is -0.141. The van der Waals surface area contributed by atoms with Crippen LogP contribution in [0.1, 0.15) is 40.9 Å². The number of nitrogens with zero attached hydrogens (tertiary/aromatic N) is 2. The van der Waals surface area contributed by atoms with Gasteiger partial charge in [0.05, 0.1) is 6.07 Å². The molecule has 0 spiro atoms. The molecule has 10 N–H and O–H groups in total. The quantitative estimate of drug-likeness (QED) is 0.0888. The molecule has 4 aromatic carbocycles. The lowest BCUT2D eigenvalue weighted by Gasteiger charge is -2.32. The maximum Gasteiger partial charge on any atom is 0.252 e. The summed E-state index contributed by atoms with van der Waals surface area (Å²) >= 11 is 0. The van der Waals surface area contributed by atoms with Crippen LogP contribution in [0.5, 0.6) is 11.5 Å². The molecular formula is C42H49N9O7. The van der Waals surface area contributed by atoms with Gasteiger partial charge in [-0.3, -0.25) is 24.0 Å². The highest BCUT2D eigenvalue weighted by molar-refractivity contribution is 6.08. The lowest BCUT2D eigenvalue weighted by Crippen LogP contribution is -2.56. The molecule has 5 amide bonds. The summed E-state index contributed by atoms with van der Waals surface area (Å²) in [7, 11) is 1.43. The van der Waals surface area contributed by atoms with Gasteiger partial charge in [-0.15, -0.1) is 0 Å². The fourth-order valence-electron chi connectivity index (χ4n) is 6.79. The van der Waals surface area contributed by atoms with Crippen LogP contribution in [-0.2, 0) is 25.6 Å². The molecule has 304 valence electrons. The van der Waals surface area contributed by atoms with E-state index in [0.29, 0.717) is 44.7 Å². The minimum absolute atomic E-state index is 0.0133. The smallest absolute Gasteiger partial charge is 0.252 e. The highest BCUT2D eigenvalue weighted by Crippen LogP contribution is 2.40. The number of hydrogen-bond donors (Lipinski definition) is 7. The van der Waals surface area contributed by atoms with Gasteiger partial charge in [0.2, 0.25) is 23.6 Å². The number of likely N-dealkylation sites (N-methyl/N-ethyl adjacent to an activating group) is 1. The Balaban J connectivity index is 1.63. The second kappa shape index (κ2) is 20.1. The molecular weight excluding hydrogens is 743 g/mol. The van der Waals surface area contributed by atoms with E-state index in [-0.39, 0.29) is 52.2 Å². The molecule has 0 fully saturated rings. The molecule has 4 bridgehead atoms. The van der Waals surface area contributed by atoms with Gasteiger partial charge in [0.25, 0.3) is 5.91 Å². The first-order valence-corrected chi connectivity index (χ1v) is 18.9. The van der Waals surface area contributed by atoms with E-state index < -0.39 is 53.7 Å². The van der Waals surface area contributed by atoms with Gasteiger partial charge in [0.1, 0.15) is 55.4 Å². The highest BCUT2D eigenvalue weighted by atomic mass is 16.5. The highest BCUT2D eigenvalue weighted by Gasteiger charge is 2.36. The summed E-state index contributed by atoms with van der Waals surface area (Å²) in [6.45, 7) is 1.90. The van der Waals surface area contributed by atoms with Crippen molar-refractivity contribution < 1.29 is 33.4 Å². The molecule has 0 saturated heterocycles. The number of nitriles is 1. The number of benzene rings is 4. The topological polar surface area (TPSA) is 257 Å². The fraction of sp³-hybridized carbons (Fsp3) is 0.333. The molecule has 1 heterocycles. The molecule has 58 heavy (non-hydrogen) atoms. The molecule has 16 heteroatoms. The van der Waals surface area contributed by atoms with E-state index in [4.69, 9.17) is 31.9 Å². The van der Waals surface area contributed by atoms with Crippen molar-refractivity contribution in [2.45, 2.75) is 43.9 Å². The normalized spacial score (nSPS) is 17.1. The van der Waals surface area contributed by atoms with Crippen molar-refractivity contribution in [3.05, 3.63) is 95.6 Å². The Hall–Kier alpha value is -6.54. The number of carbonyl (C=O) groups is 5. The zero-order valence-electron chi connectivity index (χ0n) is 32.5. The van der Waals surface area contributed by atoms with Crippen molar-refractivity contribution in [1.82, 2.24) is 26.2 Å². The maximum atomic E-state index is 14.5. The summed E-state index contributed by atoms with van der Waals surface area (Å²) in [6, 6.07) is 19.9. The number of nitrogens with two attached hydrogens (primary N) is 3. The lowest BCUT2D eigenvalue weighted by atomic mass is 9.93. The summed E-state index contributed by atoms with van der Waals surface area (Å²) in [5.41, 5.74) is 19.9. The van der Waals surface area contributed by atoms with Crippen molar-refractivity contribution in [2.24, 2.45) is 17.2 Å². The zero-order chi connectivity index (χ0) is 41.8. The Labute approximate surface area is 336 Å². The minimum atomic E-state index is -1.37. The van der Waals surface area contributed by atoms with Crippen molar-refractivity contribution in [1.29, 1.82) is 5.26 Å². The van der Waals surface area contributed by atoms with Crippen LogP contribution in [0.25, 0.3) is 21.9 Å². The standard InChI is InChI=1S/C42H49N9O7/c1-25-38(52)50-34(40(54)47-19-16-44)23-26-10-12-35(57-20-17-45)31(22-26)32-24-28(11-13-36(32)58-21-18-46)37(41(55)48-25)51(2)42(56)33(14-15-43)49-39(53)30-9-5-7-27-6-3-4-8-29(27)30/h3-13,22,24-25,33-34,37H,14-15,17-21,23,43,45-46H2,1-2H3,(H,47,54)(H,48,55)(H,49,53)(H,50,52)/t25-,33-,34-,37-/m0/s1. The van der Waals surface area contributed by atoms with Crippen LogP contribution in [0, 0.1) is 11.3 Å². The first kappa shape index (κ1) is 42.6. The summed E-state index contributed by atoms with van der Waals surface area (Å²) < 4.78 is 12.1. The number of amides is 5. The summed E-state index contributed by atoms with van der Waals surface area (Å²) in [6.07, 6.45) is 0.0627. The number of ether oxygens (including phenoxy) is 2. The Morgan fingerprint density at radius 1 is 0.879 bits per heavy atom. The molecule has 0 aromatic heterocycles. The Morgan fingerprint density at radius 2 is 1.55 bits per heavy atom. The maximum absolute atomic E-state index is 14.5.